The monoisotopic (exact) mass is 373 g/mol. The zero-order valence-corrected chi connectivity index (χ0v) is 13.1. The van der Waals surface area contributed by atoms with Gasteiger partial charge in [0.15, 0.2) is 0 Å². The van der Waals surface area contributed by atoms with Gasteiger partial charge in [0.25, 0.3) is 0 Å². The number of nitrogens with one attached hydrogen (secondary N) is 1. The third-order valence-electron chi connectivity index (χ3n) is 2.14. The van der Waals surface area contributed by atoms with E-state index in [0.29, 0.717) is 25.3 Å². The Morgan fingerprint density at radius 3 is 2.95 bits per heavy atom. The fourth-order valence-electron chi connectivity index (χ4n) is 1.33. The van der Waals surface area contributed by atoms with Crippen LogP contribution >= 0.6 is 22.6 Å². The van der Waals surface area contributed by atoms with Gasteiger partial charge in [0.1, 0.15) is 5.75 Å². The summed E-state index contributed by atoms with van der Waals surface area (Å²) in [6.07, 6.45) is 0.219. The fraction of sp³-hybridized carbons (Fsp3) is 0.357. The smallest absolute Gasteiger partial charge is 0.411 e. The Labute approximate surface area is 127 Å². The van der Waals surface area contributed by atoms with Crippen molar-refractivity contribution in [3.8, 4) is 17.6 Å². The Morgan fingerprint density at radius 2 is 2.26 bits per heavy atom. The van der Waals surface area contributed by atoms with Gasteiger partial charge in [0, 0.05) is 6.42 Å². The van der Waals surface area contributed by atoms with Crippen molar-refractivity contribution in [3.63, 3.8) is 0 Å². The van der Waals surface area contributed by atoms with Crippen LogP contribution in [0.2, 0.25) is 0 Å². The number of halogens is 1. The maximum absolute atomic E-state index is 11.4. The Bertz CT molecular complexity index is 491. The molecule has 1 N–H and O–H groups in total. The number of benzene rings is 1. The molecule has 0 aliphatic carbocycles. The quantitative estimate of drug-likeness (QED) is 0.487. The summed E-state index contributed by atoms with van der Waals surface area (Å²) in [7, 11) is 0. The molecule has 0 aliphatic heterocycles. The molecule has 0 atom stereocenters. The first-order valence-corrected chi connectivity index (χ1v) is 7.01. The molecule has 1 rings (SSSR count). The molecule has 0 fully saturated rings. The van der Waals surface area contributed by atoms with Crippen molar-refractivity contribution in [1.29, 1.82) is 0 Å². The molecular formula is C14H16INO3. The van der Waals surface area contributed by atoms with Crippen molar-refractivity contribution in [2.45, 2.75) is 20.3 Å². The topological polar surface area (TPSA) is 47.6 Å². The number of anilines is 1. The van der Waals surface area contributed by atoms with Gasteiger partial charge in [-0.05, 0) is 48.6 Å². The summed E-state index contributed by atoms with van der Waals surface area (Å²) in [4.78, 5) is 11.4. The van der Waals surface area contributed by atoms with Crippen molar-refractivity contribution in [1.82, 2.24) is 0 Å². The second-order valence-electron chi connectivity index (χ2n) is 3.49. The number of hydrogen-bond acceptors (Lipinski definition) is 3. The van der Waals surface area contributed by atoms with Crippen LogP contribution in [0.1, 0.15) is 20.3 Å². The highest BCUT2D eigenvalue weighted by Crippen LogP contribution is 2.28. The van der Waals surface area contributed by atoms with Crippen LogP contribution in [-0.2, 0) is 4.74 Å². The molecule has 0 unspecified atom stereocenters. The largest absolute Gasteiger partial charge is 0.491 e. The first-order chi connectivity index (χ1) is 9.19. The molecule has 102 valence electrons. The Balaban J connectivity index is 2.68. The lowest BCUT2D eigenvalue weighted by Crippen LogP contribution is -2.14. The molecule has 0 radical (unpaired) electrons. The first kappa shape index (κ1) is 15.6. The van der Waals surface area contributed by atoms with E-state index in [-0.39, 0.29) is 0 Å². The first-order valence-electron chi connectivity index (χ1n) is 5.93. The lowest BCUT2D eigenvalue weighted by Gasteiger charge is -2.11. The molecule has 5 heteroatoms. The number of amides is 1. The van der Waals surface area contributed by atoms with Crippen LogP contribution in [0.5, 0.6) is 5.75 Å². The van der Waals surface area contributed by atoms with Gasteiger partial charge in [-0.3, -0.25) is 5.32 Å². The molecule has 0 heterocycles. The van der Waals surface area contributed by atoms with Gasteiger partial charge in [-0.2, -0.15) is 0 Å². The number of hydrogen-bond donors (Lipinski definition) is 1. The lowest BCUT2D eigenvalue weighted by molar-refractivity contribution is 0.168. The van der Waals surface area contributed by atoms with Crippen LogP contribution in [-0.4, -0.2) is 19.3 Å². The van der Waals surface area contributed by atoms with Crippen LogP contribution in [0, 0.1) is 15.4 Å². The highest BCUT2D eigenvalue weighted by Gasteiger charge is 2.09. The molecule has 1 aromatic carbocycles. The normalized spacial score (nSPS) is 9.21. The van der Waals surface area contributed by atoms with E-state index in [1.807, 2.05) is 12.1 Å². The number of rotatable bonds is 5. The molecule has 0 spiro atoms. The summed E-state index contributed by atoms with van der Waals surface area (Å²) in [5, 5.41) is 2.68. The summed E-state index contributed by atoms with van der Waals surface area (Å²) >= 11 is 2.13. The predicted octanol–water partition coefficient (Wildman–Crippen LogP) is 3.65. The van der Waals surface area contributed by atoms with Gasteiger partial charge in [0.2, 0.25) is 0 Å². The molecule has 4 nitrogen and oxygen atoms in total. The number of carbonyl (C=O) groups is 1. The molecule has 1 amide bonds. The summed E-state index contributed by atoms with van der Waals surface area (Å²) in [5.74, 6) is 6.48. The van der Waals surface area contributed by atoms with E-state index in [1.54, 1.807) is 19.9 Å². The molecule has 19 heavy (non-hydrogen) atoms. The SMILES string of the molecule is CC#CCCOc1cccc(NC(=O)OCC)c1I. The second kappa shape index (κ2) is 8.64. The van der Waals surface area contributed by atoms with Crippen LogP contribution in [0.25, 0.3) is 0 Å². The maximum atomic E-state index is 11.4. The summed E-state index contributed by atoms with van der Waals surface area (Å²) < 4.78 is 11.3. The second-order valence-corrected chi connectivity index (χ2v) is 4.57. The minimum Gasteiger partial charge on any atom is -0.491 e. The summed E-state index contributed by atoms with van der Waals surface area (Å²) in [5.41, 5.74) is 0.679. The highest BCUT2D eigenvalue weighted by molar-refractivity contribution is 14.1. The van der Waals surface area contributed by atoms with Crippen molar-refractivity contribution in [3.05, 3.63) is 21.8 Å². The van der Waals surface area contributed by atoms with Gasteiger partial charge in [-0.25, -0.2) is 4.79 Å². The summed E-state index contributed by atoms with van der Waals surface area (Å²) in [6.45, 7) is 4.43. The average molecular weight is 373 g/mol. The van der Waals surface area contributed by atoms with E-state index in [1.165, 1.54) is 0 Å². The van der Waals surface area contributed by atoms with Gasteiger partial charge >= 0.3 is 6.09 Å². The van der Waals surface area contributed by atoms with Crippen molar-refractivity contribution in [2.75, 3.05) is 18.5 Å². The Morgan fingerprint density at radius 1 is 1.47 bits per heavy atom. The molecule has 0 saturated heterocycles. The van der Waals surface area contributed by atoms with E-state index in [4.69, 9.17) is 9.47 Å². The number of carbonyl (C=O) groups excluding carboxylic acids is 1. The van der Waals surface area contributed by atoms with Gasteiger partial charge < -0.3 is 9.47 Å². The van der Waals surface area contributed by atoms with Crippen molar-refractivity contribution >= 4 is 34.4 Å². The van der Waals surface area contributed by atoms with E-state index < -0.39 is 6.09 Å². The fourth-order valence-corrected chi connectivity index (χ4v) is 1.98. The average Bonchev–Trinajstić information content (AvgIpc) is 2.39. The number of ether oxygens (including phenoxy) is 2. The maximum Gasteiger partial charge on any atom is 0.411 e. The standard InChI is InChI=1S/C14H16INO3/c1-3-5-6-10-19-12-9-7-8-11(13(12)15)16-14(17)18-4-2/h7-9H,4,6,10H2,1-2H3,(H,16,17). The Hall–Kier alpha value is -1.42. The van der Waals surface area contributed by atoms with Crippen LogP contribution < -0.4 is 10.1 Å². The van der Waals surface area contributed by atoms with Gasteiger partial charge in [-0.1, -0.05) is 6.07 Å². The van der Waals surface area contributed by atoms with E-state index >= 15 is 0 Å². The zero-order chi connectivity index (χ0) is 14.1. The van der Waals surface area contributed by atoms with Crippen LogP contribution in [0.3, 0.4) is 0 Å². The van der Waals surface area contributed by atoms with Crippen LogP contribution in [0.4, 0.5) is 10.5 Å². The third kappa shape index (κ3) is 5.39. The van der Waals surface area contributed by atoms with Crippen LogP contribution in [0.15, 0.2) is 18.2 Å². The van der Waals surface area contributed by atoms with Gasteiger partial charge in [0.05, 0.1) is 22.5 Å². The third-order valence-corrected chi connectivity index (χ3v) is 3.25. The molecule has 0 saturated carbocycles. The van der Waals surface area contributed by atoms with E-state index in [9.17, 15) is 4.79 Å². The molecule has 0 aliphatic rings. The minimum absolute atomic E-state index is 0.342. The minimum atomic E-state index is -0.464. The van der Waals surface area contributed by atoms with Gasteiger partial charge in [-0.15, -0.1) is 11.8 Å². The zero-order valence-electron chi connectivity index (χ0n) is 11.0. The lowest BCUT2D eigenvalue weighted by atomic mass is 10.3. The van der Waals surface area contributed by atoms with Crippen molar-refractivity contribution < 1.29 is 14.3 Å². The van der Waals surface area contributed by atoms with E-state index in [2.05, 4.69) is 39.7 Å². The summed E-state index contributed by atoms with van der Waals surface area (Å²) in [6, 6.07) is 5.49. The highest BCUT2D eigenvalue weighted by atomic mass is 127. The predicted molar refractivity (Wildman–Crippen MR) is 83.4 cm³/mol. The van der Waals surface area contributed by atoms with Crippen molar-refractivity contribution in [2.24, 2.45) is 0 Å². The Kier molecular flexibility index (Phi) is 7.11. The molecular weight excluding hydrogens is 357 g/mol. The molecule has 0 aromatic heterocycles. The molecule has 1 aromatic rings. The van der Waals surface area contributed by atoms with E-state index in [0.717, 1.165) is 9.32 Å². The molecule has 0 bridgehead atoms.